The van der Waals surface area contributed by atoms with Crippen molar-refractivity contribution in [2.75, 3.05) is 6.61 Å². The quantitative estimate of drug-likeness (QED) is 0.0433. The molecule has 306 valence electrons. The third kappa shape index (κ3) is 40.8. The van der Waals surface area contributed by atoms with E-state index in [0.717, 1.165) is 64.2 Å². The zero-order valence-corrected chi connectivity index (χ0v) is 35.0. The second kappa shape index (κ2) is 44.2. The molecule has 0 rings (SSSR count). The largest absolute Gasteiger partial charge is 0.394 e. The summed E-state index contributed by atoms with van der Waals surface area (Å²) in [5, 5.41) is 23.1. The summed E-state index contributed by atoms with van der Waals surface area (Å²) in [6.07, 6.45) is 62.7. The van der Waals surface area contributed by atoms with Crippen molar-refractivity contribution in [2.24, 2.45) is 0 Å². The van der Waals surface area contributed by atoms with Gasteiger partial charge in [0.2, 0.25) is 5.91 Å². The van der Waals surface area contributed by atoms with Gasteiger partial charge in [-0.05, 0) is 64.2 Å². The van der Waals surface area contributed by atoms with Crippen molar-refractivity contribution in [3.05, 3.63) is 72.9 Å². The van der Waals surface area contributed by atoms with Gasteiger partial charge in [-0.15, -0.1) is 0 Å². The number of hydrogen-bond donors (Lipinski definition) is 3. The molecule has 0 heterocycles. The maximum Gasteiger partial charge on any atom is 0.220 e. The van der Waals surface area contributed by atoms with Crippen LogP contribution in [0, 0.1) is 0 Å². The Kier molecular flexibility index (Phi) is 42.4. The van der Waals surface area contributed by atoms with E-state index in [0.29, 0.717) is 12.8 Å². The molecule has 0 aromatic rings. The van der Waals surface area contributed by atoms with Crippen LogP contribution in [0.5, 0.6) is 0 Å². The molecule has 4 nitrogen and oxygen atoms in total. The first-order valence-electron chi connectivity index (χ1n) is 22.6. The second-order valence-corrected chi connectivity index (χ2v) is 15.1. The van der Waals surface area contributed by atoms with Crippen molar-refractivity contribution in [3.8, 4) is 0 Å². The van der Waals surface area contributed by atoms with Gasteiger partial charge in [-0.2, -0.15) is 0 Å². The number of allylic oxidation sites excluding steroid dienone is 12. The average Bonchev–Trinajstić information content (AvgIpc) is 3.16. The van der Waals surface area contributed by atoms with E-state index in [1.165, 1.54) is 122 Å². The fourth-order valence-corrected chi connectivity index (χ4v) is 6.54. The van der Waals surface area contributed by atoms with Crippen LogP contribution in [-0.2, 0) is 4.79 Å². The molecule has 4 heteroatoms. The van der Waals surface area contributed by atoms with Crippen LogP contribution in [0.25, 0.3) is 0 Å². The van der Waals surface area contributed by atoms with Gasteiger partial charge in [0.05, 0.1) is 18.8 Å². The van der Waals surface area contributed by atoms with E-state index in [2.05, 4.69) is 92.1 Å². The van der Waals surface area contributed by atoms with Crippen LogP contribution in [0.15, 0.2) is 72.9 Å². The van der Waals surface area contributed by atoms with Gasteiger partial charge in [0.1, 0.15) is 0 Å². The lowest BCUT2D eigenvalue weighted by Crippen LogP contribution is -2.45. The van der Waals surface area contributed by atoms with E-state index >= 15 is 0 Å². The second-order valence-electron chi connectivity index (χ2n) is 15.1. The number of hydrogen-bond acceptors (Lipinski definition) is 3. The molecule has 3 N–H and O–H groups in total. The molecule has 0 aliphatic rings. The topological polar surface area (TPSA) is 69.6 Å². The van der Waals surface area contributed by atoms with Crippen LogP contribution in [0.4, 0.5) is 0 Å². The van der Waals surface area contributed by atoms with Gasteiger partial charge in [-0.25, -0.2) is 0 Å². The van der Waals surface area contributed by atoms with Crippen LogP contribution >= 0.6 is 0 Å². The molecule has 0 spiro atoms. The molecular weight excluding hydrogens is 651 g/mol. The van der Waals surface area contributed by atoms with Crippen LogP contribution in [-0.4, -0.2) is 34.9 Å². The Balaban J connectivity index is 3.52. The van der Waals surface area contributed by atoms with E-state index in [9.17, 15) is 15.0 Å². The Bertz CT molecular complexity index is 930. The van der Waals surface area contributed by atoms with E-state index in [1.807, 2.05) is 0 Å². The summed E-state index contributed by atoms with van der Waals surface area (Å²) in [5.74, 6) is -0.0384. The summed E-state index contributed by atoms with van der Waals surface area (Å²) in [5.41, 5.74) is 0. The zero-order chi connectivity index (χ0) is 38.6. The maximum absolute atomic E-state index is 12.4. The van der Waals surface area contributed by atoms with E-state index in [4.69, 9.17) is 0 Å². The molecule has 0 aromatic carbocycles. The molecule has 0 saturated heterocycles. The molecular formula is C49H87NO3. The van der Waals surface area contributed by atoms with Crippen LogP contribution < -0.4 is 5.32 Å². The highest BCUT2D eigenvalue weighted by molar-refractivity contribution is 5.76. The molecule has 2 unspecified atom stereocenters. The molecule has 0 fully saturated rings. The summed E-state index contributed by atoms with van der Waals surface area (Å²) >= 11 is 0. The minimum Gasteiger partial charge on any atom is -0.394 e. The first-order chi connectivity index (χ1) is 26.2. The predicted octanol–water partition coefficient (Wildman–Crippen LogP) is 14.3. The Morgan fingerprint density at radius 1 is 0.472 bits per heavy atom. The number of rotatable bonds is 40. The third-order valence-electron chi connectivity index (χ3n) is 9.98. The molecule has 0 saturated carbocycles. The number of aliphatic hydroxyl groups excluding tert-OH is 2. The number of aliphatic hydroxyl groups is 2. The zero-order valence-electron chi connectivity index (χ0n) is 35.0. The Morgan fingerprint density at radius 2 is 0.830 bits per heavy atom. The van der Waals surface area contributed by atoms with Crippen molar-refractivity contribution >= 4 is 5.91 Å². The smallest absolute Gasteiger partial charge is 0.220 e. The lowest BCUT2D eigenvalue weighted by Gasteiger charge is -2.22. The molecule has 0 aliphatic heterocycles. The Hall–Kier alpha value is -2.17. The summed E-state index contributed by atoms with van der Waals surface area (Å²) in [6.45, 7) is 4.22. The number of unbranched alkanes of at least 4 members (excludes halogenated alkanes) is 21. The number of amides is 1. The van der Waals surface area contributed by atoms with Gasteiger partial charge in [-0.3, -0.25) is 4.79 Å². The van der Waals surface area contributed by atoms with Gasteiger partial charge >= 0.3 is 0 Å². The number of carbonyl (C=O) groups is 1. The van der Waals surface area contributed by atoms with Gasteiger partial charge in [0, 0.05) is 6.42 Å². The molecule has 2 atom stereocenters. The molecule has 1 amide bonds. The third-order valence-corrected chi connectivity index (χ3v) is 9.98. The van der Waals surface area contributed by atoms with E-state index in [1.54, 1.807) is 0 Å². The number of nitrogens with one attached hydrogen (secondary N) is 1. The van der Waals surface area contributed by atoms with Crippen LogP contribution in [0.1, 0.15) is 213 Å². The fraction of sp³-hybridized carbons (Fsp3) is 0.735. The summed E-state index contributed by atoms with van der Waals surface area (Å²) in [7, 11) is 0. The van der Waals surface area contributed by atoms with Crippen molar-refractivity contribution in [2.45, 2.75) is 225 Å². The van der Waals surface area contributed by atoms with Crippen molar-refractivity contribution in [1.29, 1.82) is 0 Å². The molecule has 0 aliphatic carbocycles. The first kappa shape index (κ1) is 50.8. The predicted molar refractivity (Wildman–Crippen MR) is 234 cm³/mol. The normalized spacial score (nSPS) is 13.7. The van der Waals surface area contributed by atoms with E-state index in [-0.39, 0.29) is 12.5 Å². The van der Waals surface area contributed by atoms with Crippen LogP contribution in [0.3, 0.4) is 0 Å². The molecule has 0 bridgehead atoms. The average molecular weight is 738 g/mol. The van der Waals surface area contributed by atoms with Gasteiger partial charge in [0.25, 0.3) is 0 Å². The SMILES string of the molecule is CC/C=C\C/C=C\C/C=C\C/C=C\C/C=C\C/C=C\CCCCCCCCCCCCCCC(=O)NC(CO)C(O)CCCCCCCCCCCC. The van der Waals surface area contributed by atoms with Crippen molar-refractivity contribution in [1.82, 2.24) is 5.32 Å². The fourth-order valence-electron chi connectivity index (χ4n) is 6.54. The molecule has 0 aromatic heterocycles. The maximum atomic E-state index is 12.4. The highest BCUT2D eigenvalue weighted by Gasteiger charge is 2.20. The Labute approximate surface area is 329 Å². The highest BCUT2D eigenvalue weighted by atomic mass is 16.3. The van der Waals surface area contributed by atoms with Gasteiger partial charge in [0.15, 0.2) is 0 Å². The minimum atomic E-state index is -0.661. The summed E-state index contributed by atoms with van der Waals surface area (Å²) in [4.78, 5) is 12.4. The first-order valence-corrected chi connectivity index (χ1v) is 22.6. The monoisotopic (exact) mass is 738 g/mol. The molecule has 53 heavy (non-hydrogen) atoms. The highest BCUT2D eigenvalue weighted by Crippen LogP contribution is 2.15. The standard InChI is InChI=1S/C49H87NO3/c1-3-5-7-9-11-13-15-16-17-18-19-20-21-22-23-24-25-26-27-28-29-30-31-32-33-34-35-37-39-41-43-45-49(53)50-47(46-51)48(52)44-42-40-38-36-14-12-10-8-6-4-2/h5,7,11,13,16-17,19-20,22-23,25-26,47-48,51-52H,3-4,6,8-10,12,14-15,18,21,24,27-46H2,1-2H3,(H,50,53)/b7-5-,13-11-,17-16-,20-19-,23-22-,26-25-. The van der Waals surface area contributed by atoms with Crippen molar-refractivity contribution in [3.63, 3.8) is 0 Å². The summed E-state index contributed by atoms with van der Waals surface area (Å²) in [6, 6.07) is -0.538. The van der Waals surface area contributed by atoms with Gasteiger partial charge in [-0.1, -0.05) is 215 Å². The molecule has 0 radical (unpaired) electrons. The number of carbonyl (C=O) groups excluding carboxylic acids is 1. The van der Waals surface area contributed by atoms with Crippen molar-refractivity contribution < 1.29 is 15.0 Å². The lowest BCUT2D eigenvalue weighted by molar-refractivity contribution is -0.123. The lowest BCUT2D eigenvalue weighted by atomic mass is 10.0. The van der Waals surface area contributed by atoms with E-state index < -0.39 is 12.1 Å². The van der Waals surface area contributed by atoms with Gasteiger partial charge < -0.3 is 15.5 Å². The summed E-state index contributed by atoms with van der Waals surface area (Å²) < 4.78 is 0. The minimum absolute atomic E-state index is 0.0384. The van der Waals surface area contributed by atoms with Crippen LogP contribution in [0.2, 0.25) is 0 Å². The Morgan fingerprint density at radius 3 is 1.25 bits per heavy atom.